The van der Waals surface area contributed by atoms with Crippen LogP contribution in [-0.4, -0.2) is 33.8 Å². The molecule has 0 aliphatic rings. The fourth-order valence-electron chi connectivity index (χ4n) is 2.36. The highest BCUT2D eigenvalue weighted by Crippen LogP contribution is 2.31. The lowest BCUT2D eigenvalue weighted by molar-refractivity contribution is -0.141. The Balaban J connectivity index is 2.54. The minimum absolute atomic E-state index is 0.0963. The van der Waals surface area contributed by atoms with Crippen LogP contribution < -0.4 is 4.31 Å². The van der Waals surface area contributed by atoms with E-state index in [9.17, 15) is 13.2 Å². The third-order valence-electron chi connectivity index (χ3n) is 3.73. The number of esters is 1. The molecule has 0 aromatic heterocycles. The van der Waals surface area contributed by atoms with E-state index in [1.165, 1.54) is 23.9 Å². The largest absolute Gasteiger partial charge is 0.465 e. The fourth-order valence-corrected chi connectivity index (χ4v) is 4.41. The zero-order valence-electron chi connectivity index (χ0n) is 14.7. The lowest BCUT2D eigenvalue weighted by Gasteiger charge is -2.25. The lowest BCUT2D eigenvalue weighted by Crippen LogP contribution is -2.37. The summed E-state index contributed by atoms with van der Waals surface area (Å²) in [4.78, 5) is 13.1. The molecule has 0 unspecified atom stereocenters. The number of halogens is 1. The maximum Gasteiger partial charge on any atom is 0.326 e. The zero-order valence-corrected chi connectivity index (χ0v) is 17.1. The van der Waals surface area contributed by atoms with Gasteiger partial charge in [0.1, 0.15) is 6.54 Å². The molecule has 2 aromatic rings. The Bertz CT molecular complexity index is 883. The van der Waals surface area contributed by atoms with Gasteiger partial charge >= 0.3 is 5.97 Å². The predicted octanol–water partition coefficient (Wildman–Crippen LogP) is 4.13. The molecule has 0 amide bonds. The van der Waals surface area contributed by atoms with Gasteiger partial charge in [-0.2, -0.15) is 0 Å². The number of carbonyl (C=O) groups excluding carboxylic acids is 1. The number of anilines is 1. The molecule has 0 fully saturated rings. The first kappa shape index (κ1) is 20.6. The van der Waals surface area contributed by atoms with Crippen molar-refractivity contribution in [1.29, 1.82) is 0 Å². The summed E-state index contributed by atoms with van der Waals surface area (Å²) >= 11 is 7.67. The smallest absolute Gasteiger partial charge is 0.326 e. The second-order valence-corrected chi connectivity index (χ2v) is 8.53. The number of hydrogen-bond donors (Lipinski definition) is 0. The van der Waals surface area contributed by atoms with Crippen molar-refractivity contribution < 1.29 is 17.9 Å². The van der Waals surface area contributed by atoms with Gasteiger partial charge < -0.3 is 4.74 Å². The number of hydrogen-bond acceptors (Lipinski definition) is 5. The van der Waals surface area contributed by atoms with Gasteiger partial charge in [-0.25, -0.2) is 8.42 Å². The SMILES string of the molecule is CCOC(=O)CN(c1cccc(Cl)c1C)S(=O)(=O)c1ccc(SC)cc1. The summed E-state index contributed by atoms with van der Waals surface area (Å²) in [5, 5.41) is 0.421. The first-order chi connectivity index (χ1) is 12.3. The van der Waals surface area contributed by atoms with Gasteiger partial charge in [-0.05, 0) is 62.1 Å². The Morgan fingerprint density at radius 1 is 1.19 bits per heavy atom. The molecule has 0 aliphatic carbocycles. The Labute approximate surface area is 163 Å². The van der Waals surface area contributed by atoms with Gasteiger partial charge in [-0.3, -0.25) is 9.10 Å². The predicted molar refractivity (Wildman–Crippen MR) is 106 cm³/mol. The average molecular weight is 414 g/mol. The molecule has 0 N–H and O–H groups in total. The Hall–Kier alpha value is -1.70. The van der Waals surface area contributed by atoms with Crippen molar-refractivity contribution in [1.82, 2.24) is 0 Å². The van der Waals surface area contributed by atoms with Crippen LogP contribution >= 0.6 is 23.4 Å². The summed E-state index contributed by atoms with van der Waals surface area (Å²) in [6.07, 6.45) is 1.91. The molecule has 0 heterocycles. The van der Waals surface area contributed by atoms with Crippen molar-refractivity contribution in [2.75, 3.05) is 23.7 Å². The quantitative estimate of drug-likeness (QED) is 0.504. The number of sulfonamides is 1. The number of benzene rings is 2. The van der Waals surface area contributed by atoms with Gasteiger partial charge in [0.15, 0.2) is 0 Å². The average Bonchev–Trinajstić information content (AvgIpc) is 2.62. The van der Waals surface area contributed by atoms with Crippen LogP contribution in [0.15, 0.2) is 52.3 Å². The summed E-state index contributed by atoms with van der Waals surface area (Å²) in [7, 11) is -3.97. The minimum Gasteiger partial charge on any atom is -0.465 e. The van der Waals surface area contributed by atoms with E-state index in [1.54, 1.807) is 44.2 Å². The van der Waals surface area contributed by atoms with Crippen LogP contribution in [-0.2, 0) is 19.6 Å². The molecule has 2 aromatic carbocycles. The van der Waals surface area contributed by atoms with Gasteiger partial charge in [-0.15, -0.1) is 11.8 Å². The van der Waals surface area contributed by atoms with Crippen LogP contribution in [0.1, 0.15) is 12.5 Å². The summed E-state index contributed by atoms with van der Waals surface area (Å²) < 4.78 is 32.4. The van der Waals surface area contributed by atoms with Crippen LogP contribution in [0, 0.1) is 6.92 Å². The summed E-state index contributed by atoms with van der Waals surface area (Å²) in [6.45, 7) is 3.12. The molecule has 2 rings (SSSR count). The highest BCUT2D eigenvalue weighted by Gasteiger charge is 2.29. The maximum atomic E-state index is 13.2. The normalized spacial score (nSPS) is 11.2. The molecule has 8 heteroatoms. The molecule has 0 saturated heterocycles. The second-order valence-electron chi connectivity index (χ2n) is 5.38. The molecule has 0 bridgehead atoms. The number of rotatable bonds is 7. The van der Waals surface area contributed by atoms with E-state index < -0.39 is 22.5 Å². The summed E-state index contributed by atoms with van der Waals surface area (Å²) in [5.74, 6) is -0.629. The number of thioether (sulfide) groups is 1. The van der Waals surface area contributed by atoms with E-state index in [0.717, 1.165) is 9.20 Å². The van der Waals surface area contributed by atoms with Crippen LogP contribution in [0.3, 0.4) is 0 Å². The molecule has 26 heavy (non-hydrogen) atoms. The fraction of sp³-hybridized carbons (Fsp3) is 0.278. The molecular formula is C18H20ClNO4S2. The second kappa shape index (κ2) is 8.79. The highest BCUT2D eigenvalue weighted by molar-refractivity contribution is 7.98. The summed E-state index contributed by atoms with van der Waals surface area (Å²) in [6, 6.07) is 11.4. The van der Waals surface area contributed by atoms with E-state index >= 15 is 0 Å². The molecular weight excluding hydrogens is 394 g/mol. The summed E-state index contributed by atoms with van der Waals surface area (Å²) in [5.41, 5.74) is 0.919. The highest BCUT2D eigenvalue weighted by atomic mass is 35.5. The molecule has 5 nitrogen and oxygen atoms in total. The number of carbonyl (C=O) groups is 1. The van der Waals surface area contributed by atoms with Gasteiger partial charge in [0.05, 0.1) is 17.2 Å². The van der Waals surface area contributed by atoms with Gasteiger partial charge in [0, 0.05) is 9.92 Å². The van der Waals surface area contributed by atoms with E-state index in [1.807, 2.05) is 6.26 Å². The van der Waals surface area contributed by atoms with Crippen LogP contribution in [0.2, 0.25) is 5.02 Å². The topological polar surface area (TPSA) is 63.7 Å². The third-order valence-corrected chi connectivity index (χ3v) is 6.66. The van der Waals surface area contributed by atoms with Crippen molar-refractivity contribution in [2.45, 2.75) is 23.6 Å². The molecule has 0 atom stereocenters. The standard InChI is InChI=1S/C18H20ClNO4S2/c1-4-24-18(21)12-20(17-7-5-6-16(19)13(17)2)26(22,23)15-10-8-14(25-3)9-11-15/h5-11H,4,12H2,1-3H3. The molecule has 140 valence electrons. The minimum atomic E-state index is -3.97. The number of ether oxygens (including phenoxy) is 1. The molecule has 0 saturated carbocycles. The van der Waals surface area contributed by atoms with Crippen molar-refractivity contribution >= 4 is 45.0 Å². The number of nitrogens with zero attached hydrogens (tertiary/aromatic N) is 1. The Kier molecular flexibility index (Phi) is 6.97. The molecule has 0 spiro atoms. The van der Waals surface area contributed by atoms with E-state index in [2.05, 4.69) is 0 Å². The molecule has 0 aliphatic heterocycles. The van der Waals surface area contributed by atoms with Crippen LogP contribution in [0.5, 0.6) is 0 Å². The van der Waals surface area contributed by atoms with Crippen molar-refractivity contribution in [3.05, 3.63) is 53.1 Å². The third kappa shape index (κ3) is 4.52. The van der Waals surface area contributed by atoms with Gasteiger partial charge in [0.25, 0.3) is 10.0 Å². The maximum absolute atomic E-state index is 13.2. The monoisotopic (exact) mass is 413 g/mol. The Morgan fingerprint density at radius 2 is 1.85 bits per heavy atom. The van der Waals surface area contributed by atoms with Gasteiger partial charge in [0.2, 0.25) is 0 Å². The van der Waals surface area contributed by atoms with E-state index in [4.69, 9.17) is 16.3 Å². The lowest BCUT2D eigenvalue weighted by atomic mass is 10.2. The van der Waals surface area contributed by atoms with E-state index in [0.29, 0.717) is 16.3 Å². The van der Waals surface area contributed by atoms with Crippen LogP contribution in [0.25, 0.3) is 0 Å². The van der Waals surface area contributed by atoms with Crippen molar-refractivity contribution in [3.63, 3.8) is 0 Å². The van der Waals surface area contributed by atoms with Gasteiger partial charge in [-0.1, -0.05) is 17.7 Å². The van der Waals surface area contributed by atoms with Crippen molar-refractivity contribution in [2.24, 2.45) is 0 Å². The first-order valence-corrected chi connectivity index (χ1v) is 10.9. The molecule has 0 radical (unpaired) electrons. The Morgan fingerprint density at radius 3 is 2.42 bits per heavy atom. The van der Waals surface area contributed by atoms with Crippen molar-refractivity contribution in [3.8, 4) is 0 Å². The van der Waals surface area contributed by atoms with E-state index in [-0.39, 0.29) is 11.5 Å². The van der Waals surface area contributed by atoms with Crippen LogP contribution in [0.4, 0.5) is 5.69 Å². The zero-order chi connectivity index (χ0) is 19.3. The first-order valence-electron chi connectivity index (χ1n) is 7.88.